The van der Waals surface area contributed by atoms with Gasteiger partial charge in [0.2, 0.25) is 11.8 Å². The van der Waals surface area contributed by atoms with E-state index in [1.807, 2.05) is 60.7 Å². The van der Waals surface area contributed by atoms with Gasteiger partial charge in [-0.15, -0.1) is 0 Å². The lowest BCUT2D eigenvalue weighted by atomic mass is 10.0. The molecule has 0 saturated carbocycles. The summed E-state index contributed by atoms with van der Waals surface area (Å²) in [7, 11) is 0. The van der Waals surface area contributed by atoms with E-state index in [9.17, 15) is 14.0 Å². The van der Waals surface area contributed by atoms with E-state index in [1.165, 1.54) is 24.4 Å². The molecule has 2 N–H and O–H groups in total. The number of fused-ring (bicyclic) bond motifs is 1. The van der Waals surface area contributed by atoms with Crippen molar-refractivity contribution >= 4 is 50.4 Å². The van der Waals surface area contributed by atoms with E-state index in [0.29, 0.717) is 17.9 Å². The summed E-state index contributed by atoms with van der Waals surface area (Å²) < 4.78 is 20.7. The van der Waals surface area contributed by atoms with Crippen LogP contribution in [0.3, 0.4) is 0 Å². The van der Waals surface area contributed by atoms with Crippen LogP contribution in [0, 0.1) is 5.82 Å². The molecule has 0 aliphatic rings. The first-order valence-electron chi connectivity index (χ1n) is 10.7. The third-order valence-corrected chi connectivity index (χ3v) is 5.62. The zero-order valence-corrected chi connectivity index (χ0v) is 20.1. The summed E-state index contributed by atoms with van der Waals surface area (Å²) in [5.41, 5.74) is 4.05. The number of carbonyl (C=O) groups excluding carboxylic acids is 2. The number of carbonyl (C=O) groups is 2. The fourth-order valence-corrected chi connectivity index (χ4v) is 3.65. The van der Waals surface area contributed by atoms with Crippen molar-refractivity contribution in [3.8, 4) is 5.75 Å². The number of amides is 2. The van der Waals surface area contributed by atoms with Gasteiger partial charge in [-0.25, -0.2) is 9.82 Å². The van der Waals surface area contributed by atoms with Crippen molar-refractivity contribution in [2.75, 3.05) is 5.32 Å². The van der Waals surface area contributed by atoms with Crippen molar-refractivity contribution < 1.29 is 18.7 Å². The summed E-state index contributed by atoms with van der Waals surface area (Å²) in [5.74, 6) is -1.26. The minimum atomic E-state index is -0.647. The van der Waals surface area contributed by atoms with Crippen LogP contribution in [-0.4, -0.2) is 18.0 Å². The molecule has 0 fully saturated rings. The van der Waals surface area contributed by atoms with E-state index in [1.54, 1.807) is 6.07 Å². The Hall–Kier alpha value is -4.04. The van der Waals surface area contributed by atoms with E-state index in [0.717, 1.165) is 20.8 Å². The van der Waals surface area contributed by atoms with E-state index >= 15 is 0 Å². The van der Waals surface area contributed by atoms with Gasteiger partial charge in [-0.2, -0.15) is 5.10 Å². The third-order valence-electron chi connectivity index (χ3n) is 5.09. The van der Waals surface area contributed by atoms with Crippen molar-refractivity contribution in [2.24, 2.45) is 5.10 Å². The Bertz CT molecular complexity index is 1390. The van der Waals surface area contributed by atoms with Gasteiger partial charge in [0.15, 0.2) is 0 Å². The Morgan fingerprint density at radius 1 is 0.914 bits per heavy atom. The number of ether oxygens (including phenoxy) is 1. The lowest BCUT2D eigenvalue weighted by Crippen LogP contribution is -2.25. The van der Waals surface area contributed by atoms with Gasteiger partial charge in [-0.05, 0) is 46.7 Å². The monoisotopic (exact) mass is 533 g/mol. The first-order chi connectivity index (χ1) is 17.0. The average molecular weight is 534 g/mol. The lowest BCUT2D eigenvalue weighted by Gasteiger charge is -2.12. The smallest absolute Gasteiger partial charge is 0.249 e. The van der Waals surface area contributed by atoms with Gasteiger partial charge in [0.1, 0.15) is 24.6 Å². The highest BCUT2D eigenvalue weighted by atomic mass is 79.9. The quantitative estimate of drug-likeness (QED) is 0.170. The molecule has 0 saturated heterocycles. The molecule has 6 nitrogen and oxygen atoms in total. The Labute approximate surface area is 209 Å². The lowest BCUT2D eigenvalue weighted by molar-refractivity contribution is -0.126. The molecule has 0 aliphatic heterocycles. The number of nitrogens with zero attached hydrogens (tertiary/aromatic N) is 1. The largest absolute Gasteiger partial charge is 0.488 e. The van der Waals surface area contributed by atoms with Gasteiger partial charge in [0, 0.05) is 10.0 Å². The SMILES string of the molecule is O=C(CC(=O)Nc1ccccc1F)NN=Cc1c(OCc2ccc(Br)cc2)ccc2ccccc12. The average Bonchev–Trinajstić information content (AvgIpc) is 2.85. The van der Waals surface area contributed by atoms with E-state index in [2.05, 4.69) is 31.8 Å². The Morgan fingerprint density at radius 3 is 2.46 bits per heavy atom. The second kappa shape index (κ2) is 11.4. The first-order valence-corrected chi connectivity index (χ1v) is 11.5. The minimum Gasteiger partial charge on any atom is -0.488 e. The standard InChI is InChI=1S/C27H21BrFN3O3/c28-20-12-9-18(10-13-20)17-35-25-14-11-19-5-1-2-6-21(19)22(25)16-30-32-27(34)15-26(33)31-24-8-4-3-7-23(24)29/h1-14,16H,15,17H2,(H,31,33)(H,32,34). The van der Waals surface area contributed by atoms with Crippen LogP contribution in [0.4, 0.5) is 10.1 Å². The first kappa shape index (κ1) is 24.1. The van der Waals surface area contributed by atoms with Crippen LogP contribution in [0.5, 0.6) is 5.75 Å². The van der Waals surface area contributed by atoms with Gasteiger partial charge >= 0.3 is 0 Å². The van der Waals surface area contributed by atoms with Crippen LogP contribution < -0.4 is 15.5 Å². The van der Waals surface area contributed by atoms with Gasteiger partial charge in [-0.3, -0.25) is 9.59 Å². The molecule has 2 amide bonds. The molecule has 4 rings (SSSR count). The van der Waals surface area contributed by atoms with Gasteiger partial charge in [0.05, 0.1) is 11.9 Å². The summed E-state index contributed by atoms with van der Waals surface area (Å²) in [6.07, 6.45) is 0.986. The second-order valence-corrected chi connectivity index (χ2v) is 8.53. The molecule has 4 aromatic carbocycles. The number of hydrazone groups is 1. The topological polar surface area (TPSA) is 79.8 Å². The minimum absolute atomic E-state index is 0.0112. The fourth-order valence-electron chi connectivity index (χ4n) is 3.39. The molecular formula is C27H21BrFN3O3. The van der Waals surface area contributed by atoms with Crippen molar-refractivity contribution in [3.05, 3.63) is 106 Å². The molecule has 0 unspecified atom stereocenters. The zero-order valence-electron chi connectivity index (χ0n) is 18.5. The number of rotatable bonds is 8. The van der Waals surface area contributed by atoms with Crippen molar-refractivity contribution in [1.29, 1.82) is 0 Å². The molecule has 0 atom stereocenters. The summed E-state index contributed by atoms with van der Waals surface area (Å²) in [6.45, 7) is 0.356. The highest BCUT2D eigenvalue weighted by Crippen LogP contribution is 2.27. The van der Waals surface area contributed by atoms with Crippen LogP contribution >= 0.6 is 15.9 Å². The number of para-hydroxylation sites is 1. The number of benzene rings is 4. The predicted octanol–water partition coefficient (Wildman–Crippen LogP) is 5.80. The molecule has 4 aromatic rings. The van der Waals surface area contributed by atoms with Crippen LogP contribution in [0.15, 0.2) is 94.5 Å². The molecule has 35 heavy (non-hydrogen) atoms. The summed E-state index contributed by atoms with van der Waals surface area (Å²) in [6, 6.07) is 25.1. The second-order valence-electron chi connectivity index (χ2n) is 7.61. The Balaban J connectivity index is 1.44. The van der Waals surface area contributed by atoms with Gasteiger partial charge < -0.3 is 10.1 Å². The molecule has 0 heterocycles. The summed E-state index contributed by atoms with van der Waals surface area (Å²) in [4.78, 5) is 24.3. The molecule has 0 aliphatic carbocycles. The summed E-state index contributed by atoms with van der Waals surface area (Å²) >= 11 is 3.42. The van der Waals surface area contributed by atoms with Gasteiger partial charge in [-0.1, -0.05) is 70.5 Å². The Morgan fingerprint density at radius 2 is 1.66 bits per heavy atom. The van der Waals surface area contributed by atoms with Gasteiger partial charge in [0.25, 0.3) is 0 Å². The number of hydrogen-bond acceptors (Lipinski definition) is 4. The third kappa shape index (κ3) is 6.51. The molecule has 0 aromatic heterocycles. The molecule has 0 bridgehead atoms. The number of nitrogens with one attached hydrogen (secondary N) is 2. The van der Waals surface area contributed by atoms with Crippen LogP contribution in [0.25, 0.3) is 10.8 Å². The maximum absolute atomic E-state index is 13.7. The van der Waals surface area contributed by atoms with Crippen molar-refractivity contribution in [1.82, 2.24) is 5.43 Å². The molecule has 0 spiro atoms. The molecule has 176 valence electrons. The van der Waals surface area contributed by atoms with E-state index in [-0.39, 0.29) is 5.69 Å². The molecular weight excluding hydrogens is 513 g/mol. The van der Waals surface area contributed by atoms with Crippen molar-refractivity contribution in [3.63, 3.8) is 0 Å². The van der Waals surface area contributed by atoms with Crippen LogP contribution in [0.1, 0.15) is 17.5 Å². The van der Waals surface area contributed by atoms with E-state index < -0.39 is 24.1 Å². The van der Waals surface area contributed by atoms with Crippen LogP contribution in [0.2, 0.25) is 0 Å². The number of hydrogen-bond donors (Lipinski definition) is 2. The van der Waals surface area contributed by atoms with Crippen LogP contribution in [-0.2, 0) is 16.2 Å². The fraction of sp³-hybridized carbons (Fsp3) is 0.0741. The Kier molecular flexibility index (Phi) is 7.84. The predicted molar refractivity (Wildman–Crippen MR) is 138 cm³/mol. The molecule has 8 heteroatoms. The molecule has 0 radical (unpaired) electrons. The van der Waals surface area contributed by atoms with Crippen molar-refractivity contribution in [2.45, 2.75) is 13.0 Å². The zero-order chi connectivity index (χ0) is 24.6. The highest BCUT2D eigenvalue weighted by molar-refractivity contribution is 9.10. The number of anilines is 1. The maximum atomic E-state index is 13.7. The normalized spacial score (nSPS) is 10.9. The highest BCUT2D eigenvalue weighted by Gasteiger charge is 2.12. The van der Waals surface area contributed by atoms with E-state index in [4.69, 9.17) is 4.74 Å². The maximum Gasteiger partial charge on any atom is 0.249 e. The summed E-state index contributed by atoms with van der Waals surface area (Å²) in [5, 5.41) is 8.29. The number of halogens is 2.